The van der Waals surface area contributed by atoms with Crippen LogP contribution in [0.1, 0.15) is 48.5 Å². The summed E-state index contributed by atoms with van der Waals surface area (Å²) in [6, 6.07) is 8.10. The number of amides is 1. The van der Waals surface area contributed by atoms with Gasteiger partial charge in [0.05, 0.1) is 0 Å². The van der Waals surface area contributed by atoms with Crippen LogP contribution in [0.15, 0.2) is 24.3 Å². The lowest BCUT2D eigenvalue weighted by molar-refractivity contribution is 0.0920. The standard InChI is InChI=1S/C16H24N2O/c1-12-5-4-7-14(11-12)18-16(19)15-8-3-2-6-13(15)9-10-17/h2-3,6,8,12,14H,4-5,7,9-11,17H2,1H3,(H,18,19). The number of nitrogens with one attached hydrogen (secondary N) is 1. The summed E-state index contributed by atoms with van der Waals surface area (Å²) < 4.78 is 0. The molecule has 0 bridgehead atoms. The van der Waals surface area contributed by atoms with Crippen LogP contribution in [-0.4, -0.2) is 18.5 Å². The van der Waals surface area contributed by atoms with Gasteiger partial charge in [0.2, 0.25) is 0 Å². The fraction of sp³-hybridized carbons (Fsp3) is 0.562. The van der Waals surface area contributed by atoms with Gasteiger partial charge in [0.1, 0.15) is 0 Å². The average molecular weight is 260 g/mol. The smallest absolute Gasteiger partial charge is 0.251 e. The highest BCUT2D eigenvalue weighted by Gasteiger charge is 2.21. The number of carbonyl (C=O) groups is 1. The molecule has 2 unspecified atom stereocenters. The van der Waals surface area contributed by atoms with Gasteiger partial charge in [-0.05, 0) is 43.4 Å². The molecule has 1 saturated carbocycles. The van der Waals surface area contributed by atoms with Gasteiger partial charge in [-0.1, -0.05) is 38.0 Å². The van der Waals surface area contributed by atoms with Crippen LogP contribution < -0.4 is 11.1 Å². The van der Waals surface area contributed by atoms with Crippen LogP contribution in [0, 0.1) is 5.92 Å². The first-order chi connectivity index (χ1) is 9.20. The Balaban J connectivity index is 2.03. The predicted octanol–water partition coefficient (Wildman–Crippen LogP) is 2.50. The summed E-state index contributed by atoms with van der Waals surface area (Å²) in [6.07, 6.45) is 5.47. The third kappa shape index (κ3) is 3.80. The molecule has 0 radical (unpaired) electrons. The molecule has 2 rings (SSSR count). The third-order valence-electron chi connectivity index (χ3n) is 3.95. The van der Waals surface area contributed by atoms with Crippen molar-refractivity contribution < 1.29 is 4.79 Å². The second-order valence-electron chi connectivity index (χ2n) is 5.64. The number of benzene rings is 1. The number of rotatable bonds is 4. The minimum absolute atomic E-state index is 0.0585. The molecule has 3 heteroatoms. The van der Waals surface area contributed by atoms with Gasteiger partial charge in [0.15, 0.2) is 0 Å². The maximum absolute atomic E-state index is 12.4. The molecule has 0 spiro atoms. The highest BCUT2D eigenvalue weighted by atomic mass is 16.1. The second-order valence-corrected chi connectivity index (χ2v) is 5.64. The molecular formula is C16H24N2O. The van der Waals surface area contributed by atoms with Gasteiger partial charge < -0.3 is 11.1 Å². The first-order valence-corrected chi connectivity index (χ1v) is 7.29. The van der Waals surface area contributed by atoms with E-state index in [2.05, 4.69) is 12.2 Å². The second kappa shape index (κ2) is 6.71. The summed E-state index contributed by atoms with van der Waals surface area (Å²) in [4.78, 5) is 12.4. The molecule has 19 heavy (non-hydrogen) atoms. The minimum atomic E-state index is 0.0585. The molecule has 0 aromatic heterocycles. The van der Waals surface area contributed by atoms with E-state index in [-0.39, 0.29) is 5.91 Å². The van der Waals surface area contributed by atoms with Crippen LogP contribution in [0.4, 0.5) is 0 Å². The highest BCUT2D eigenvalue weighted by molar-refractivity contribution is 5.95. The van der Waals surface area contributed by atoms with E-state index in [4.69, 9.17) is 5.73 Å². The number of carbonyl (C=O) groups excluding carboxylic acids is 1. The van der Waals surface area contributed by atoms with Crippen molar-refractivity contribution in [3.05, 3.63) is 35.4 Å². The number of hydrogen-bond donors (Lipinski definition) is 2. The van der Waals surface area contributed by atoms with Crippen LogP contribution in [0.3, 0.4) is 0 Å². The molecule has 1 fully saturated rings. The van der Waals surface area contributed by atoms with E-state index in [1.54, 1.807) is 0 Å². The van der Waals surface area contributed by atoms with E-state index >= 15 is 0 Å². The van der Waals surface area contributed by atoms with Crippen LogP contribution in [-0.2, 0) is 6.42 Å². The van der Waals surface area contributed by atoms with E-state index in [0.717, 1.165) is 36.3 Å². The van der Waals surface area contributed by atoms with Gasteiger partial charge in [0, 0.05) is 11.6 Å². The van der Waals surface area contributed by atoms with Crippen molar-refractivity contribution in [2.45, 2.75) is 45.1 Å². The zero-order valence-electron chi connectivity index (χ0n) is 11.7. The summed E-state index contributed by atoms with van der Waals surface area (Å²) in [5.74, 6) is 0.779. The zero-order chi connectivity index (χ0) is 13.7. The van der Waals surface area contributed by atoms with Crippen molar-refractivity contribution in [1.29, 1.82) is 0 Å². The topological polar surface area (TPSA) is 55.1 Å². The predicted molar refractivity (Wildman–Crippen MR) is 78.1 cm³/mol. The Morgan fingerprint density at radius 1 is 1.37 bits per heavy atom. The lowest BCUT2D eigenvalue weighted by Crippen LogP contribution is -2.38. The SMILES string of the molecule is CC1CCCC(NC(=O)c2ccccc2CCN)C1. The van der Waals surface area contributed by atoms with Crippen molar-refractivity contribution in [2.75, 3.05) is 6.54 Å². The fourth-order valence-electron chi connectivity index (χ4n) is 2.94. The Morgan fingerprint density at radius 2 is 2.16 bits per heavy atom. The van der Waals surface area contributed by atoms with Crippen molar-refractivity contribution in [2.24, 2.45) is 11.7 Å². The van der Waals surface area contributed by atoms with Crippen LogP contribution in [0.25, 0.3) is 0 Å². The average Bonchev–Trinajstić information content (AvgIpc) is 2.39. The van der Waals surface area contributed by atoms with Gasteiger partial charge in [-0.15, -0.1) is 0 Å². The summed E-state index contributed by atoms with van der Waals surface area (Å²) in [6.45, 7) is 2.84. The van der Waals surface area contributed by atoms with Crippen molar-refractivity contribution in [1.82, 2.24) is 5.32 Å². The van der Waals surface area contributed by atoms with E-state index in [1.807, 2.05) is 24.3 Å². The molecule has 3 N–H and O–H groups in total. The first-order valence-electron chi connectivity index (χ1n) is 7.29. The van der Waals surface area contributed by atoms with Crippen molar-refractivity contribution in [3.63, 3.8) is 0 Å². The Bertz CT molecular complexity index is 431. The van der Waals surface area contributed by atoms with Crippen molar-refractivity contribution in [3.8, 4) is 0 Å². The molecule has 1 aliphatic rings. The molecule has 1 amide bonds. The maximum Gasteiger partial charge on any atom is 0.251 e. The quantitative estimate of drug-likeness (QED) is 0.874. The minimum Gasteiger partial charge on any atom is -0.349 e. The molecule has 0 aliphatic heterocycles. The van der Waals surface area contributed by atoms with Crippen LogP contribution in [0.2, 0.25) is 0 Å². The highest BCUT2D eigenvalue weighted by Crippen LogP contribution is 2.24. The molecule has 0 saturated heterocycles. The third-order valence-corrected chi connectivity index (χ3v) is 3.95. The lowest BCUT2D eigenvalue weighted by Gasteiger charge is -2.27. The van der Waals surface area contributed by atoms with Crippen LogP contribution in [0.5, 0.6) is 0 Å². The Kier molecular flexibility index (Phi) is 4.97. The van der Waals surface area contributed by atoms with E-state index < -0.39 is 0 Å². The summed E-state index contributed by atoms with van der Waals surface area (Å²) >= 11 is 0. The van der Waals surface area contributed by atoms with Gasteiger partial charge in [0.25, 0.3) is 5.91 Å². The Hall–Kier alpha value is -1.35. The van der Waals surface area contributed by atoms with E-state index in [9.17, 15) is 4.79 Å². The molecule has 1 aliphatic carbocycles. The lowest BCUT2D eigenvalue weighted by atomic mass is 9.87. The van der Waals surface area contributed by atoms with Gasteiger partial charge in [-0.25, -0.2) is 0 Å². The number of nitrogens with two attached hydrogens (primary N) is 1. The number of hydrogen-bond acceptors (Lipinski definition) is 2. The summed E-state index contributed by atoms with van der Waals surface area (Å²) in [5, 5.41) is 3.18. The summed E-state index contributed by atoms with van der Waals surface area (Å²) in [5.41, 5.74) is 7.43. The van der Waals surface area contributed by atoms with E-state index in [0.29, 0.717) is 12.6 Å². The van der Waals surface area contributed by atoms with Crippen molar-refractivity contribution >= 4 is 5.91 Å². The first kappa shape index (κ1) is 14.1. The Labute approximate surface area is 115 Å². The molecule has 3 nitrogen and oxygen atoms in total. The molecule has 2 atom stereocenters. The van der Waals surface area contributed by atoms with Crippen LogP contribution >= 0.6 is 0 Å². The molecular weight excluding hydrogens is 236 g/mol. The molecule has 104 valence electrons. The summed E-state index contributed by atoms with van der Waals surface area (Å²) in [7, 11) is 0. The fourth-order valence-corrected chi connectivity index (χ4v) is 2.94. The van der Waals surface area contributed by atoms with Gasteiger partial charge in [-0.3, -0.25) is 4.79 Å². The maximum atomic E-state index is 12.4. The molecule has 1 aromatic carbocycles. The van der Waals surface area contributed by atoms with E-state index in [1.165, 1.54) is 12.8 Å². The zero-order valence-corrected chi connectivity index (χ0v) is 11.7. The molecule has 0 heterocycles. The normalized spacial score (nSPS) is 23.1. The van der Waals surface area contributed by atoms with Gasteiger partial charge in [-0.2, -0.15) is 0 Å². The monoisotopic (exact) mass is 260 g/mol. The largest absolute Gasteiger partial charge is 0.349 e. The molecule has 1 aromatic rings. The van der Waals surface area contributed by atoms with Gasteiger partial charge >= 0.3 is 0 Å². The Morgan fingerprint density at radius 3 is 2.89 bits per heavy atom.